The number of hydrogen-bond acceptors (Lipinski definition) is 4. The number of benzene rings is 1. The summed E-state index contributed by atoms with van der Waals surface area (Å²) in [6, 6.07) is 6.90. The Hall–Kier alpha value is -1.30. The number of halogens is 2. The lowest BCUT2D eigenvalue weighted by atomic mass is 10.1. The van der Waals surface area contributed by atoms with Gasteiger partial charge in [0.15, 0.2) is 5.17 Å². The second-order valence-electron chi connectivity index (χ2n) is 4.56. The topological polar surface area (TPSA) is 33.6 Å². The van der Waals surface area contributed by atoms with Crippen molar-refractivity contribution in [2.24, 2.45) is 10.9 Å². The predicted octanol–water partition coefficient (Wildman–Crippen LogP) is 3.83. The number of aliphatic imine (C=N–C) groups is 1. The number of anilines is 1. The molecule has 104 valence electrons. The maximum atomic E-state index is 12.3. The third-order valence-electron chi connectivity index (χ3n) is 2.79. The molecule has 2 rings (SSSR count). The maximum absolute atomic E-state index is 12.3. The van der Waals surface area contributed by atoms with Gasteiger partial charge in [-0.05, 0) is 18.1 Å². The van der Waals surface area contributed by atoms with Gasteiger partial charge in [0.2, 0.25) is 0 Å². The van der Waals surface area contributed by atoms with Crippen LogP contribution in [0.25, 0.3) is 0 Å². The van der Waals surface area contributed by atoms with E-state index in [9.17, 15) is 8.78 Å². The first kappa shape index (κ1) is 14.1. The molecule has 0 bridgehead atoms. The SMILES string of the molecule is CC(C)[C@H]1CSC(Nc2ccccc2OC(F)F)=N1. The van der Waals surface area contributed by atoms with E-state index < -0.39 is 6.61 Å². The summed E-state index contributed by atoms with van der Waals surface area (Å²) in [5, 5.41) is 3.81. The van der Waals surface area contributed by atoms with Gasteiger partial charge in [-0.3, -0.25) is 4.99 Å². The number of para-hydroxylation sites is 2. The van der Waals surface area contributed by atoms with Crippen molar-refractivity contribution in [1.82, 2.24) is 0 Å². The average Bonchev–Trinajstić information content (AvgIpc) is 2.80. The number of alkyl halides is 2. The van der Waals surface area contributed by atoms with E-state index in [0.29, 0.717) is 11.6 Å². The molecular weight excluding hydrogens is 270 g/mol. The number of thioether (sulfide) groups is 1. The van der Waals surface area contributed by atoms with Crippen molar-refractivity contribution >= 4 is 22.6 Å². The zero-order valence-corrected chi connectivity index (χ0v) is 11.6. The molecule has 0 spiro atoms. The van der Waals surface area contributed by atoms with E-state index in [4.69, 9.17) is 0 Å². The smallest absolute Gasteiger partial charge is 0.387 e. The van der Waals surface area contributed by atoms with Gasteiger partial charge >= 0.3 is 6.61 Å². The fourth-order valence-electron chi connectivity index (χ4n) is 1.68. The molecule has 0 saturated carbocycles. The molecule has 19 heavy (non-hydrogen) atoms. The van der Waals surface area contributed by atoms with Gasteiger partial charge in [0.05, 0.1) is 11.7 Å². The van der Waals surface area contributed by atoms with E-state index in [1.807, 2.05) is 0 Å². The summed E-state index contributed by atoms with van der Waals surface area (Å²) in [6.07, 6.45) is 0. The Kier molecular flexibility index (Phi) is 4.63. The van der Waals surface area contributed by atoms with Crippen LogP contribution in [0.1, 0.15) is 13.8 Å². The molecule has 6 heteroatoms. The Labute approximate surface area is 115 Å². The highest BCUT2D eigenvalue weighted by Gasteiger charge is 2.22. The second kappa shape index (κ2) is 6.23. The Morgan fingerprint density at radius 1 is 1.37 bits per heavy atom. The molecule has 3 nitrogen and oxygen atoms in total. The van der Waals surface area contributed by atoms with E-state index in [2.05, 4.69) is 28.9 Å². The van der Waals surface area contributed by atoms with Gasteiger partial charge in [0.25, 0.3) is 0 Å². The molecule has 1 atom stereocenters. The average molecular weight is 286 g/mol. The highest BCUT2D eigenvalue weighted by Crippen LogP contribution is 2.29. The van der Waals surface area contributed by atoms with Gasteiger partial charge in [-0.15, -0.1) is 0 Å². The molecule has 1 aliphatic rings. The molecule has 1 aliphatic heterocycles. The van der Waals surface area contributed by atoms with Crippen molar-refractivity contribution in [2.45, 2.75) is 26.5 Å². The minimum Gasteiger partial charge on any atom is -0.433 e. The fourth-order valence-corrected chi connectivity index (χ4v) is 2.86. The first-order chi connectivity index (χ1) is 9.06. The molecule has 0 radical (unpaired) electrons. The van der Waals surface area contributed by atoms with Crippen LogP contribution in [-0.2, 0) is 0 Å². The normalized spacial score (nSPS) is 18.8. The Morgan fingerprint density at radius 2 is 2.11 bits per heavy atom. The second-order valence-corrected chi connectivity index (χ2v) is 5.56. The van der Waals surface area contributed by atoms with Crippen LogP contribution in [-0.4, -0.2) is 23.6 Å². The van der Waals surface area contributed by atoms with Crippen LogP contribution in [0.3, 0.4) is 0 Å². The Morgan fingerprint density at radius 3 is 2.74 bits per heavy atom. The van der Waals surface area contributed by atoms with E-state index in [1.54, 1.807) is 30.0 Å². The molecule has 1 aromatic carbocycles. The van der Waals surface area contributed by atoms with Crippen LogP contribution in [0.5, 0.6) is 5.75 Å². The van der Waals surface area contributed by atoms with Crippen LogP contribution in [0.4, 0.5) is 14.5 Å². The minimum absolute atomic E-state index is 0.133. The zero-order valence-electron chi connectivity index (χ0n) is 10.8. The number of rotatable bonds is 4. The van der Waals surface area contributed by atoms with Crippen molar-refractivity contribution in [1.29, 1.82) is 0 Å². The quantitative estimate of drug-likeness (QED) is 0.913. The molecular formula is C13H16F2N2OS. The van der Waals surface area contributed by atoms with E-state index in [1.165, 1.54) is 6.07 Å². The van der Waals surface area contributed by atoms with Crippen molar-refractivity contribution in [3.05, 3.63) is 24.3 Å². The van der Waals surface area contributed by atoms with Crippen molar-refractivity contribution < 1.29 is 13.5 Å². The first-order valence-corrected chi connectivity index (χ1v) is 7.06. The standard InChI is InChI=1S/C13H16F2N2OS/c1-8(2)10-7-19-13(17-10)16-9-5-3-4-6-11(9)18-12(14)15/h3-6,8,10,12H,7H2,1-2H3,(H,16,17)/t10-/m1/s1. The molecule has 0 aromatic heterocycles. The predicted molar refractivity (Wildman–Crippen MR) is 75.2 cm³/mol. The minimum atomic E-state index is -2.83. The highest BCUT2D eigenvalue weighted by atomic mass is 32.2. The van der Waals surface area contributed by atoms with E-state index in [0.717, 1.165) is 10.9 Å². The van der Waals surface area contributed by atoms with Crippen molar-refractivity contribution in [3.63, 3.8) is 0 Å². The lowest BCUT2D eigenvalue weighted by Crippen LogP contribution is -2.12. The summed E-state index contributed by atoms with van der Waals surface area (Å²) >= 11 is 1.60. The Balaban J connectivity index is 2.09. The summed E-state index contributed by atoms with van der Waals surface area (Å²) in [5.41, 5.74) is 0.512. The molecule has 0 aliphatic carbocycles. The van der Waals surface area contributed by atoms with Crippen LogP contribution in [0, 0.1) is 5.92 Å². The van der Waals surface area contributed by atoms with Gasteiger partial charge in [-0.1, -0.05) is 37.7 Å². The van der Waals surface area contributed by atoms with Gasteiger partial charge in [-0.2, -0.15) is 8.78 Å². The number of nitrogens with zero attached hydrogens (tertiary/aromatic N) is 1. The van der Waals surface area contributed by atoms with Gasteiger partial charge in [-0.25, -0.2) is 0 Å². The van der Waals surface area contributed by atoms with E-state index >= 15 is 0 Å². The largest absolute Gasteiger partial charge is 0.433 e. The maximum Gasteiger partial charge on any atom is 0.387 e. The van der Waals surface area contributed by atoms with Gasteiger partial charge < -0.3 is 10.1 Å². The lowest BCUT2D eigenvalue weighted by molar-refractivity contribution is -0.0493. The van der Waals surface area contributed by atoms with Crippen LogP contribution in [0.2, 0.25) is 0 Å². The zero-order chi connectivity index (χ0) is 13.8. The number of ether oxygens (including phenoxy) is 1. The summed E-state index contributed by atoms with van der Waals surface area (Å²) in [4.78, 5) is 4.53. The third-order valence-corrected chi connectivity index (χ3v) is 3.78. The van der Waals surface area contributed by atoms with E-state index in [-0.39, 0.29) is 11.8 Å². The Bertz CT molecular complexity index is 466. The summed E-state index contributed by atoms with van der Waals surface area (Å²) in [6.45, 7) is 1.40. The van der Waals surface area contributed by atoms with Crippen LogP contribution < -0.4 is 10.1 Å². The van der Waals surface area contributed by atoms with Crippen LogP contribution in [0.15, 0.2) is 29.3 Å². The van der Waals surface area contributed by atoms with Gasteiger partial charge in [0, 0.05) is 5.75 Å². The fraction of sp³-hybridized carbons (Fsp3) is 0.462. The molecule has 1 heterocycles. The van der Waals surface area contributed by atoms with Crippen LogP contribution >= 0.6 is 11.8 Å². The molecule has 0 amide bonds. The number of hydrogen-bond donors (Lipinski definition) is 1. The third kappa shape index (κ3) is 3.83. The monoisotopic (exact) mass is 286 g/mol. The van der Waals surface area contributed by atoms with Crippen molar-refractivity contribution in [3.8, 4) is 5.75 Å². The van der Waals surface area contributed by atoms with Crippen molar-refractivity contribution in [2.75, 3.05) is 11.1 Å². The molecule has 0 saturated heterocycles. The van der Waals surface area contributed by atoms with Gasteiger partial charge in [0.1, 0.15) is 5.75 Å². The summed E-state index contributed by atoms with van der Waals surface area (Å²) in [5.74, 6) is 1.52. The summed E-state index contributed by atoms with van der Waals surface area (Å²) < 4.78 is 29.1. The number of nitrogens with one attached hydrogen (secondary N) is 1. The molecule has 1 N–H and O–H groups in total. The summed E-state index contributed by atoms with van der Waals surface area (Å²) in [7, 11) is 0. The molecule has 1 aromatic rings. The molecule has 0 unspecified atom stereocenters. The lowest BCUT2D eigenvalue weighted by Gasteiger charge is -2.11. The number of amidine groups is 1. The molecule has 0 fully saturated rings. The first-order valence-electron chi connectivity index (χ1n) is 6.07. The highest BCUT2D eigenvalue weighted by molar-refractivity contribution is 8.14.